The summed E-state index contributed by atoms with van der Waals surface area (Å²) in [4.78, 5) is 47.3. The summed E-state index contributed by atoms with van der Waals surface area (Å²) < 4.78 is 5.87. The van der Waals surface area contributed by atoms with Gasteiger partial charge in [-0.15, -0.1) is 0 Å². The Morgan fingerprint density at radius 3 is 1.57 bits per heavy atom. The van der Waals surface area contributed by atoms with Crippen molar-refractivity contribution in [3.63, 3.8) is 0 Å². The average molecular weight is 751 g/mol. The fraction of sp³-hybridized carbons (Fsp3) is 0.556. The van der Waals surface area contributed by atoms with E-state index in [1.54, 1.807) is 0 Å². The summed E-state index contributed by atoms with van der Waals surface area (Å²) in [7, 11) is 0. The molecule has 302 valence electrons. The number of aliphatic hydroxyl groups is 1. The molecular formula is C45H70N2O7. The number of carboxylic acids is 1. The van der Waals surface area contributed by atoms with E-state index in [1.165, 1.54) is 0 Å². The van der Waals surface area contributed by atoms with Crippen molar-refractivity contribution < 1.29 is 34.1 Å². The molecule has 0 fully saturated rings. The number of carboxylic acid groups (broad SMARTS) is 1. The summed E-state index contributed by atoms with van der Waals surface area (Å²) in [6.07, 6.45) is 50.3. The summed E-state index contributed by atoms with van der Waals surface area (Å²) in [6, 6.07) is -1.39. The van der Waals surface area contributed by atoms with Crippen molar-refractivity contribution in [3.8, 4) is 0 Å². The smallest absolute Gasteiger partial charge is 0.328 e. The van der Waals surface area contributed by atoms with Gasteiger partial charge in [0.1, 0.15) is 12.1 Å². The van der Waals surface area contributed by atoms with Crippen LogP contribution in [0.3, 0.4) is 0 Å². The van der Waals surface area contributed by atoms with Crippen molar-refractivity contribution >= 4 is 23.8 Å². The predicted octanol–water partition coefficient (Wildman–Crippen LogP) is 9.48. The van der Waals surface area contributed by atoms with E-state index < -0.39 is 24.5 Å². The van der Waals surface area contributed by atoms with Crippen molar-refractivity contribution in [1.29, 1.82) is 0 Å². The molecule has 0 saturated carbocycles. The molecule has 0 aromatic carbocycles. The number of esters is 1. The summed E-state index contributed by atoms with van der Waals surface area (Å²) in [5, 5.41) is 22.5. The van der Waals surface area contributed by atoms with Crippen LogP contribution in [0.5, 0.6) is 0 Å². The van der Waals surface area contributed by atoms with E-state index in [2.05, 4.69) is 116 Å². The third-order valence-electron chi connectivity index (χ3n) is 8.06. The van der Waals surface area contributed by atoms with E-state index >= 15 is 0 Å². The highest BCUT2D eigenvalue weighted by Crippen LogP contribution is 2.14. The number of aliphatic hydroxyl groups excluding tert-OH is 1. The van der Waals surface area contributed by atoms with Gasteiger partial charge in [0, 0.05) is 12.8 Å². The maximum Gasteiger partial charge on any atom is 0.328 e. The van der Waals surface area contributed by atoms with Crippen LogP contribution in [-0.2, 0) is 23.9 Å². The average Bonchev–Trinajstić information content (AvgIpc) is 3.15. The number of carbonyl (C=O) groups excluding carboxylic acids is 3. The van der Waals surface area contributed by atoms with Crippen molar-refractivity contribution in [2.45, 2.75) is 148 Å². The summed E-state index contributed by atoms with van der Waals surface area (Å²) >= 11 is 0. The fourth-order valence-corrected chi connectivity index (χ4v) is 5.03. The van der Waals surface area contributed by atoms with Gasteiger partial charge in [-0.1, -0.05) is 131 Å². The van der Waals surface area contributed by atoms with Crippen LogP contribution in [-0.4, -0.2) is 59.3 Å². The number of hydrogen-bond acceptors (Lipinski definition) is 6. The van der Waals surface area contributed by atoms with Crippen molar-refractivity contribution in [2.75, 3.05) is 13.2 Å². The number of ether oxygens (including phenoxy) is 1. The van der Waals surface area contributed by atoms with Crippen LogP contribution in [0, 0.1) is 0 Å². The second-order valence-electron chi connectivity index (χ2n) is 13.0. The van der Waals surface area contributed by atoms with Crippen LogP contribution >= 0.6 is 0 Å². The molecule has 9 nitrogen and oxygen atoms in total. The molecule has 9 heteroatoms. The Hall–Kier alpha value is -4.24. The van der Waals surface area contributed by atoms with Gasteiger partial charge < -0.3 is 25.6 Å². The molecule has 0 aromatic rings. The maximum atomic E-state index is 12.7. The third kappa shape index (κ3) is 34.8. The van der Waals surface area contributed by atoms with Gasteiger partial charge in [-0.05, 0) is 89.5 Å². The highest BCUT2D eigenvalue weighted by Gasteiger charge is 2.18. The number of nitrogens with one attached hydrogen (secondary N) is 2. The van der Waals surface area contributed by atoms with Crippen LogP contribution < -0.4 is 10.6 Å². The topological polar surface area (TPSA) is 142 Å². The van der Waals surface area contributed by atoms with Crippen LogP contribution in [0.25, 0.3) is 0 Å². The molecular weight excluding hydrogens is 681 g/mol. The summed E-state index contributed by atoms with van der Waals surface area (Å²) in [5.74, 6) is -2.44. The number of hydrogen-bond donors (Lipinski definition) is 4. The monoisotopic (exact) mass is 751 g/mol. The molecule has 0 saturated heterocycles. The lowest BCUT2D eigenvalue weighted by atomic mass is 10.1. The van der Waals surface area contributed by atoms with Gasteiger partial charge in [0.25, 0.3) is 0 Å². The number of carbonyl (C=O) groups is 4. The van der Waals surface area contributed by atoms with Crippen LogP contribution in [0.15, 0.2) is 97.2 Å². The van der Waals surface area contributed by atoms with Gasteiger partial charge >= 0.3 is 11.9 Å². The standard InChI is InChI=1S/C45H70N2O7/c1-3-5-7-9-11-13-14-15-16-17-18-19-20-21-23-29-33-37-44(51)54-40(34-30-26-22-12-10-8-6-4-2)35-31-27-24-25-28-32-36-42(49)46-38-43(50)47-41(39-48)45(52)53/h5-8,11-13,15-16,18-19,21-23,30,34,40-41,48H,3-4,9-10,14,17,20,24-29,31-33,35-39H2,1-2H3,(H,46,49)(H,47,50)(H,52,53)/b7-5-,8-6-,13-11-,16-15-,19-18-,22-12-,23-21-,34-30-. The first-order valence-corrected chi connectivity index (χ1v) is 20.1. The van der Waals surface area contributed by atoms with Crippen LogP contribution in [0.4, 0.5) is 0 Å². The van der Waals surface area contributed by atoms with Crippen molar-refractivity contribution in [1.82, 2.24) is 10.6 Å². The molecule has 0 aromatic heterocycles. The quantitative estimate of drug-likeness (QED) is 0.0292. The molecule has 54 heavy (non-hydrogen) atoms. The van der Waals surface area contributed by atoms with Gasteiger partial charge in [-0.2, -0.15) is 0 Å². The molecule has 0 heterocycles. The highest BCUT2D eigenvalue weighted by molar-refractivity contribution is 5.87. The molecule has 0 spiro atoms. The summed E-state index contributed by atoms with van der Waals surface area (Å²) in [5.41, 5.74) is 0. The van der Waals surface area contributed by atoms with Gasteiger partial charge in [0.2, 0.25) is 11.8 Å². The van der Waals surface area contributed by atoms with E-state index in [1.807, 2.05) is 6.08 Å². The van der Waals surface area contributed by atoms with E-state index in [-0.39, 0.29) is 30.9 Å². The zero-order chi connectivity index (χ0) is 39.7. The molecule has 0 radical (unpaired) electrons. The minimum Gasteiger partial charge on any atom is -0.480 e. The number of amides is 2. The molecule has 2 amide bonds. The van der Waals surface area contributed by atoms with E-state index in [0.29, 0.717) is 12.8 Å². The largest absolute Gasteiger partial charge is 0.480 e. The number of unbranched alkanes of at least 4 members (excludes halogenated alkanes) is 6. The predicted molar refractivity (Wildman–Crippen MR) is 222 cm³/mol. The Morgan fingerprint density at radius 2 is 1.06 bits per heavy atom. The first kappa shape index (κ1) is 49.8. The lowest BCUT2D eigenvalue weighted by Gasteiger charge is -2.14. The normalized spacial score (nSPS) is 13.5. The van der Waals surface area contributed by atoms with Crippen LogP contribution in [0.1, 0.15) is 136 Å². The minimum absolute atomic E-state index is 0.164. The first-order chi connectivity index (χ1) is 26.3. The van der Waals surface area contributed by atoms with Gasteiger partial charge in [0.15, 0.2) is 0 Å². The van der Waals surface area contributed by atoms with E-state index in [4.69, 9.17) is 14.9 Å². The molecule has 0 bridgehead atoms. The Balaban J connectivity index is 4.40. The Morgan fingerprint density at radius 1 is 0.574 bits per heavy atom. The van der Waals surface area contributed by atoms with Gasteiger partial charge in [-0.25, -0.2) is 4.79 Å². The van der Waals surface area contributed by atoms with Crippen LogP contribution in [0.2, 0.25) is 0 Å². The SMILES string of the molecule is CC/C=C\C/C=C\C/C=C\C/C=C\C/C=C\CCCC(=O)OC(/C=C\C/C=C\C/C=C\CC)CCCCCCCCC(=O)NCC(=O)NC(CO)C(=O)O. The molecule has 2 atom stereocenters. The Kier molecular flexibility index (Phi) is 35.5. The third-order valence-corrected chi connectivity index (χ3v) is 8.06. The molecule has 0 aliphatic heterocycles. The molecule has 0 aliphatic rings. The van der Waals surface area contributed by atoms with Gasteiger partial charge in [-0.3, -0.25) is 14.4 Å². The second-order valence-corrected chi connectivity index (χ2v) is 13.0. The van der Waals surface area contributed by atoms with Crippen molar-refractivity contribution in [3.05, 3.63) is 97.2 Å². The molecule has 4 N–H and O–H groups in total. The Bertz CT molecular complexity index is 1230. The first-order valence-electron chi connectivity index (χ1n) is 20.1. The van der Waals surface area contributed by atoms with Crippen molar-refractivity contribution in [2.24, 2.45) is 0 Å². The minimum atomic E-state index is -1.39. The number of aliphatic carboxylic acids is 1. The zero-order valence-electron chi connectivity index (χ0n) is 33.2. The van der Waals surface area contributed by atoms with E-state index in [0.717, 1.165) is 103 Å². The number of allylic oxidation sites excluding steroid dienone is 15. The maximum absolute atomic E-state index is 12.7. The van der Waals surface area contributed by atoms with E-state index in [9.17, 15) is 19.2 Å². The highest BCUT2D eigenvalue weighted by atomic mass is 16.5. The lowest BCUT2D eigenvalue weighted by Crippen LogP contribution is -2.47. The second kappa shape index (κ2) is 38.5. The lowest BCUT2D eigenvalue weighted by molar-refractivity contribution is -0.147. The van der Waals surface area contributed by atoms with Gasteiger partial charge in [0.05, 0.1) is 13.2 Å². The Labute approximate surface area is 326 Å². The fourth-order valence-electron chi connectivity index (χ4n) is 5.03. The summed E-state index contributed by atoms with van der Waals surface area (Å²) in [6.45, 7) is 3.20. The molecule has 0 aliphatic carbocycles. The molecule has 0 rings (SSSR count). The number of rotatable bonds is 34. The zero-order valence-corrected chi connectivity index (χ0v) is 33.2. The molecule has 2 unspecified atom stereocenters.